The zero-order valence-corrected chi connectivity index (χ0v) is 20.0. The van der Waals surface area contributed by atoms with Gasteiger partial charge < -0.3 is 19.9 Å². The fourth-order valence-corrected chi connectivity index (χ4v) is 4.12. The van der Waals surface area contributed by atoms with Crippen LogP contribution in [0.4, 0.5) is 11.5 Å². The van der Waals surface area contributed by atoms with Crippen molar-refractivity contribution in [2.45, 2.75) is 39.0 Å². The van der Waals surface area contributed by atoms with Gasteiger partial charge in [-0.1, -0.05) is 23.4 Å². The van der Waals surface area contributed by atoms with Gasteiger partial charge in [-0.15, -0.1) is 23.1 Å². The number of carbonyl (C=O) groups excluding carboxylic acids is 3. The van der Waals surface area contributed by atoms with Crippen molar-refractivity contribution in [1.29, 1.82) is 0 Å². The lowest BCUT2D eigenvalue weighted by Gasteiger charge is -2.10. The molecule has 2 amide bonds. The van der Waals surface area contributed by atoms with Crippen LogP contribution in [0.3, 0.4) is 0 Å². The summed E-state index contributed by atoms with van der Waals surface area (Å²) >= 11 is 2.49. The Hall–Kier alpha value is -3.18. The quantitative estimate of drug-likeness (QED) is 0.414. The maximum Gasteiger partial charge on any atom is 0.316 e. The van der Waals surface area contributed by atoms with E-state index in [1.54, 1.807) is 25.3 Å². The van der Waals surface area contributed by atoms with E-state index >= 15 is 0 Å². The molecule has 0 aliphatic rings. The van der Waals surface area contributed by atoms with Crippen LogP contribution in [0.2, 0.25) is 0 Å². The molecule has 3 rings (SSSR count). The monoisotopic (exact) mass is 488 g/mol. The molecule has 11 heteroatoms. The highest BCUT2D eigenvalue weighted by molar-refractivity contribution is 8.01. The van der Waals surface area contributed by atoms with Crippen molar-refractivity contribution < 1.29 is 23.6 Å². The Morgan fingerprint density at radius 2 is 2.00 bits per heavy atom. The minimum atomic E-state index is -0.479. The summed E-state index contributed by atoms with van der Waals surface area (Å²) in [5, 5.41) is 11.1. The number of thioether (sulfide) groups is 1. The number of carbonyl (C=O) groups is 3. The minimum Gasteiger partial charge on any atom is -0.459 e. The van der Waals surface area contributed by atoms with Crippen LogP contribution in [0.15, 0.2) is 40.2 Å². The summed E-state index contributed by atoms with van der Waals surface area (Å²) in [7, 11) is 0. The van der Waals surface area contributed by atoms with E-state index in [0.717, 1.165) is 23.0 Å². The summed E-state index contributed by atoms with van der Waals surface area (Å²) in [6.45, 7) is 5.35. The maximum absolute atomic E-state index is 12.3. The Morgan fingerprint density at radius 3 is 2.73 bits per heavy atom. The number of ether oxygens (including phenoxy) is 1. The molecular formula is C22H24N4O5S2. The van der Waals surface area contributed by atoms with Crippen LogP contribution in [0, 0.1) is 13.8 Å². The van der Waals surface area contributed by atoms with Crippen molar-refractivity contribution in [3.8, 4) is 0 Å². The van der Waals surface area contributed by atoms with E-state index in [9.17, 15) is 14.4 Å². The Labute approximate surface area is 199 Å². The molecule has 1 atom stereocenters. The molecule has 9 nitrogen and oxygen atoms in total. The van der Waals surface area contributed by atoms with E-state index in [0.29, 0.717) is 22.3 Å². The zero-order chi connectivity index (χ0) is 23.8. The highest BCUT2D eigenvalue weighted by Gasteiger charge is 2.18. The van der Waals surface area contributed by atoms with E-state index in [-0.39, 0.29) is 30.6 Å². The van der Waals surface area contributed by atoms with Crippen molar-refractivity contribution in [1.82, 2.24) is 10.1 Å². The van der Waals surface area contributed by atoms with E-state index < -0.39 is 11.2 Å². The number of aromatic nitrogens is 2. The van der Waals surface area contributed by atoms with Crippen molar-refractivity contribution in [3.05, 3.63) is 57.7 Å². The number of nitrogens with zero attached hydrogens (tertiary/aromatic N) is 2. The van der Waals surface area contributed by atoms with Crippen LogP contribution < -0.4 is 10.6 Å². The third-order valence-electron chi connectivity index (χ3n) is 4.41. The number of hydrogen-bond donors (Lipinski definition) is 2. The Kier molecular flexibility index (Phi) is 8.61. The van der Waals surface area contributed by atoms with Crippen molar-refractivity contribution in [2.24, 2.45) is 0 Å². The number of rotatable bonds is 10. The van der Waals surface area contributed by atoms with Gasteiger partial charge in [0.05, 0.1) is 23.1 Å². The van der Waals surface area contributed by atoms with E-state index in [2.05, 4.69) is 20.8 Å². The first kappa shape index (κ1) is 24.5. The summed E-state index contributed by atoms with van der Waals surface area (Å²) in [5.41, 5.74) is 2.32. The smallest absolute Gasteiger partial charge is 0.316 e. The third kappa shape index (κ3) is 7.72. The van der Waals surface area contributed by atoms with Gasteiger partial charge in [0.25, 0.3) is 0 Å². The summed E-state index contributed by atoms with van der Waals surface area (Å²) in [4.78, 5) is 40.8. The second kappa shape index (κ2) is 11.6. The Bertz CT molecular complexity index is 1130. The number of para-hydroxylation sites is 1. The zero-order valence-electron chi connectivity index (χ0n) is 18.4. The van der Waals surface area contributed by atoms with Gasteiger partial charge in [0.1, 0.15) is 17.4 Å². The molecule has 0 unspecified atom stereocenters. The standard InChI is InChI=1S/C22H24N4O5S2/c1-13-6-4-5-7-17(13)24-19(27)9-20-23-16(11-33-20)10-30-21(28)12-32-15(3)22(29)25-18-8-14(2)31-26-18/h4-8,11,15H,9-10,12H2,1-3H3,(H,24,27)(H,25,26,29)/t15-/m0/s1. The number of thiazole rings is 1. The molecule has 0 saturated heterocycles. The molecule has 0 bridgehead atoms. The molecule has 2 N–H and O–H groups in total. The first-order valence-corrected chi connectivity index (χ1v) is 12.0. The fraction of sp³-hybridized carbons (Fsp3) is 0.318. The number of hydrogen-bond acceptors (Lipinski definition) is 9. The second-order valence-corrected chi connectivity index (χ2v) is 9.47. The summed E-state index contributed by atoms with van der Waals surface area (Å²) in [6.07, 6.45) is 0.139. The van der Waals surface area contributed by atoms with Gasteiger partial charge in [-0.3, -0.25) is 14.4 Å². The van der Waals surface area contributed by atoms with Gasteiger partial charge in [-0.25, -0.2) is 4.98 Å². The Morgan fingerprint density at radius 1 is 1.21 bits per heavy atom. The van der Waals surface area contributed by atoms with Crippen molar-refractivity contribution >= 4 is 52.4 Å². The first-order valence-electron chi connectivity index (χ1n) is 10.1. The minimum absolute atomic E-state index is 0.00804. The van der Waals surface area contributed by atoms with Gasteiger partial charge in [0.15, 0.2) is 5.82 Å². The highest BCUT2D eigenvalue weighted by atomic mass is 32.2. The molecule has 0 spiro atoms. The summed E-state index contributed by atoms with van der Waals surface area (Å²) in [6, 6.07) is 9.15. The highest BCUT2D eigenvalue weighted by Crippen LogP contribution is 2.17. The van der Waals surface area contributed by atoms with Gasteiger partial charge in [0.2, 0.25) is 11.8 Å². The first-order chi connectivity index (χ1) is 15.8. The molecular weight excluding hydrogens is 464 g/mol. The summed E-state index contributed by atoms with van der Waals surface area (Å²) < 4.78 is 10.1. The average Bonchev–Trinajstić information content (AvgIpc) is 3.40. The molecule has 3 aromatic rings. The number of esters is 1. The van der Waals surface area contributed by atoms with Gasteiger partial charge >= 0.3 is 5.97 Å². The molecule has 0 aliphatic carbocycles. The molecule has 0 saturated carbocycles. The molecule has 2 heterocycles. The van der Waals surface area contributed by atoms with Gasteiger partial charge in [0, 0.05) is 17.1 Å². The fourth-order valence-electron chi connectivity index (χ4n) is 2.66. The van der Waals surface area contributed by atoms with Gasteiger partial charge in [-0.05, 0) is 32.4 Å². The number of amides is 2. The summed E-state index contributed by atoms with van der Waals surface area (Å²) in [5.74, 6) is 0.0396. The van der Waals surface area contributed by atoms with Gasteiger partial charge in [-0.2, -0.15) is 0 Å². The molecule has 174 valence electrons. The third-order valence-corrected chi connectivity index (χ3v) is 6.43. The van der Waals surface area contributed by atoms with Crippen LogP contribution in [0.25, 0.3) is 0 Å². The number of aryl methyl sites for hydroxylation is 2. The molecule has 2 aromatic heterocycles. The van der Waals surface area contributed by atoms with Crippen LogP contribution in [-0.2, 0) is 32.1 Å². The number of nitrogens with one attached hydrogen (secondary N) is 2. The normalized spacial score (nSPS) is 11.6. The van der Waals surface area contributed by atoms with Crippen molar-refractivity contribution in [3.63, 3.8) is 0 Å². The molecule has 0 aliphatic heterocycles. The predicted molar refractivity (Wildman–Crippen MR) is 127 cm³/mol. The second-order valence-electron chi connectivity index (χ2n) is 7.20. The van der Waals surface area contributed by atoms with E-state index in [1.807, 2.05) is 31.2 Å². The topological polar surface area (TPSA) is 123 Å². The van der Waals surface area contributed by atoms with Crippen LogP contribution in [-0.4, -0.2) is 38.9 Å². The van der Waals surface area contributed by atoms with Crippen LogP contribution in [0.1, 0.15) is 28.9 Å². The maximum atomic E-state index is 12.3. The lowest BCUT2D eigenvalue weighted by molar-refractivity contribution is -0.141. The molecule has 0 radical (unpaired) electrons. The average molecular weight is 489 g/mol. The van der Waals surface area contributed by atoms with E-state index in [4.69, 9.17) is 9.26 Å². The SMILES string of the molecule is Cc1cc(NC(=O)[C@H](C)SCC(=O)OCc2csc(CC(=O)Nc3ccccc3C)n2)no1. The lowest BCUT2D eigenvalue weighted by atomic mass is 10.2. The van der Waals surface area contributed by atoms with Crippen LogP contribution in [0.5, 0.6) is 0 Å². The Balaban J connectivity index is 1.37. The number of benzene rings is 1. The lowest BCUT2D eigenvalue weighted by Crippen LogP contribution is -2.24. The molecule has 1 aromatic carbocycles. The number of anilines is 2. The predicted octanol–water partition coefficient (Wildman–Crippen LogP) is 3.73. The van der Waals surface area contributed by atoms with Crippen LogP contribution >= 0.6 is 23.1 Å². The van der Waals surface area contributed by atoms with Crippen molar-refractivity contribution in [2.75, 3.05) is 16.4 Å². The van der Waals surface area contributed by atoms with E-state index in [1.165, 1.54) is 11.3 Å². The molecule has 0 fully saturated rings. The largest absolute Gasteiger partial charge is 0.459 e. The molecule has 33 heavy (non-hydrogen) atoms.